The maximum absolute atomic E-state index is 2.68. The molecule has 6 aliphatic carbocycles. The molecule has 7 aromatic carbocycles. The van der Waals surface area contributed by atoms with Crippen molar-refractivity contribution in [3.63, 3.8) is 0 Å². The lowest BCUT2D eigenvalue weighted by atomic mass is 9.26. The van der Waals surface area contributed by atoms with Crippen LogP contribution in [0, 0.1) is 29.1 Å². The van der Waals surface area contributed by atoms with Gasteiger partial charge in [0.2, 0.25) is 0 Å². The van der Waals surface area contributed by atoms with E-state index in [9.17, 15) is 0 Å². The second-order valence-corrected chi connectivity index (χ2v) is 23.0. The van der Waals surface area contributed by atoms with Gasteiger partial charge in [-0.15, -0.1) is 0 Å². The smallest absolute Gasteiger partial charge is 0.0713 e. The summed E-state index contributed by atoms with van der Waals surface area (Å²) in [6.45, 7) is 9.83. The molecular weight excluding hydrogens is 779 g/mol. The average molecular weight is 834 g/mol. The van der Waals surface area contributed by atoms with Crippen LogP contribution in [0.3, 0.4) is 0 Å². The van der Waals surface area contributed by atoms with Crippen molar-refractivity contribution in [1.29, 1.82) is 0 Å². The molecule has 4 saturated carbocycles. The predicted molar refractivity (Wildman–Crippen MR) is 260 cm³/mol. The van der Waals surface area contributed by atoms with Gasteiger partial charge in [-0.05, 0) is 183 Å². The lowest BCUT2D eigenvalue weighted by Gasteiger charge is -2.78. The molecule has 4 fully saturated rings. The van der Waals surface area contributed by atoms with Gasteiger partial charge in [0.1, 0.15) is 0 Å². The molecule has 7 aliphatic rings. The molecule has 63 heavy (non-hydrogen) atoms. The van der Waals surface area contributed by atoms with Crippen molar-refractivity contribution >= 4 is 28.8 Å². The van der Waals surface area contributed by atoms with E-state index >= 15 is 0 Å². The van der Waals surface area contributed by atoms with Crippen molar-refractivity contribution in [2.45, 2.75) is 97.7 Å². The van der Waals surface area contributed by atoms with Crippen LogP contribution in [0.5, 0.6) is 0 Å². The number of rotatable bonds is 5. The summed E-state index contributed by atoms with van der Waals surface area (Å²) in [4.78, 5) is 5.59. The number of anilines is 3. The fraction of sp³-hybridized carbons (Fsp3) is 0.311. The third-order valence-electron chi connectivity index (χ3n) is 18.5. The van der Waals surface area contributed by atoms with Gasteiger partial charge in [0, 0.05) is 32.3 Å². The Hall–Kier alpha value is -5.31. The van der Waals surface area contributed by atoms with Crippen LogP contribution in [0.25, 0.3) is 11.1 Å². The van der Waals surface area contributed by atoms with E-state index in [1.807, 2.05) is 11.8 Å². The second-order valence-electron chi connectivity index (χ2n) is 21.9. The topological polar surface area (TPSA) is 3.24 Å². The van der Waals surface area contributed by atoms with Crippen LogP contribution >= 0.6 is 11.8 Å². The van der Waals surface area contributed by atoms with E-state index in [1.165, 1.54) is 110 Å². The second kappa shape index (κ2) is 12.5. The molecule has 6 unspecified atom stereocenters. The highest BCUT2D eigenvalue weighted by molar-refractivity contribution is 7.99. The van der Waals surface area contributed by atoms with Gasteiger partial charge in [0.15, 0.2) is 0 Å². The largest absolute Gasteiger partial charge is 0.310 e. The van der Waals surface area contributed by atoms with Crippen LogP contribution in [0.15, 0.2) is 174 Å². The average Bonchev–Trinajstić information content (AvgIpc) is 3.95. The minimum Gasteiger partial charge on any atom is -0.310 e. The number of hydrogen-bond donors (Lipinski definition) is 0. The van der Waals surface area contributed by atoms with Crippen molar-refractivity contribution in [1.82, 2.24) is 0 Å². The predicted octanol–water partition coefficient (Wildman–Crippen LogP) is 15.7. The minimum absolute atomic E-state index is 0.102. The Bertz CT molecular complexity index is 3000. The Labute approximate surface area is 378 Å². The summed E-state index contributed by atoms with van der Waals surface area (Å²) in [5, 5.41) is 0. The monoisotopic (exact) mass is 833 g/mol. The zero-order valence-electron chi connectivity index (χ0n) is 37.0. The molecule has 2 spiro atoms. The first-order valence-electron chi connectivity index (χ1n) is 23.9. The highest BCUT2D eigenvalue weighted by Crippen LogP contribution is 2.89. The third kappa shape index (κ3) is 4.52. The zero-order chi connectivity index (χ0) is 42.1. The molecule has 1 aliphatic heterocycles. The minimum atomic E-state index is -0.427. The maximum atomic E-state index is 2.68. The third-order valence-corrected chi connectivity index (χ3v) is 19.7. The summed E-state index contributed by atoms with van der Waals surface area (Å²) in [6, 6.07) is 63.9. The van der Waals surface area contributed by atoms with Crippen molar-refractivity contribution in [3.05, 3.63) is 208 Å². The summed E-state index contributed by atoms with van der Waals surface area (Å²) in [6.07, 6.45) is 8.20. The molecule has 0 radical (unpaired) electrons. The molecule has 2 heteroatoms. The van der Waals surface area contributed by atoms with Gasteiger partial charge in [-0.1, -0.05) is 155 Å². The van der Waals surface area contributed by atoms with Crippen LogP contribution in [0.4, 0.5) is 17.1 Å². The van der Waals surface area contributed by atoms with Gasteiger partial charge >= 0.3 is 0 Å². The van der Waals surface area contributed by atoms with Gasteiger partial charge in [-0.2, -0.15) is 0 Å². The first-order chi connectivity index (χ1) is 30.7. The van der Waals surface area contributed by atoms with Crippen molar-refractivity contribution < 1.29 is 0 Å². The number of fused-ring (bicyclic) bond motifs is 11. The lowest BCUT2D eigenvalue weighted by molar-refractivity contribution is -0.235. The lowest BCUT2D eigenvalue weighted by Crippen LogP contribution is -2.74. The first-order valence-corrected chi connectivity index (χ1v) is 24.7. The highest BCUT2D eigenvalue weighted by atomic mass is 32.2. The van der Waals surface area contributed by atoms with E-state index < -0.39 is 5.41 Å². The molecule has 0 aromatic heterocycles. The summed E-state index contributed by atoms with van der Waals surface area (Å²) in [5.41, 5.74) is 18.5. The first kappa shape index (κ1) is 37.1. The maximum Gasteiger partial charge on any atom is 0.0713 e. The molecular formula is C61H55NS. The Balaban J connectivity index is 0.972. The van der Waals surface area contributed by atoms with E-state index in [1.54, 1.807) is 11.1 Å². The van der Waals surface area contributed by atoms with Crippen molar-refractivity contribution in [3.8, 4) is 11.1 Å². The van der Waals surface area contributed by atoms with Gasteiger partial charge in [0.25, 0.3) is 0 Å². The highest BCUT2D eigenvalue weighted by Gasteiger charge is 2.84. The quantitative estimate of drug-likeness (QED) is 0.170. The summed E-state index contributed by atoms with van der Waals surface area (Å²) >= 11 is 2.02. The Morgan fingerprint density at radius 2 is 1.02 bits per heavy atom. The molecule has 1 nitrogen and oxygen atoms in total. The summed E-state index contributed by atoms with van der Waals surface area (Å²) in [5.74, 6) is 3.40. The Morgan fingerprint density at radius 1 is 0.460 bits per heavy atom. The Kier molecular flexibility index (Phi) is 7.35. The van der Waals surface area contributed by atoms with Gasteiger partial charge in [-0.3, -0.25) is 0 Å². The molecule has 7 aromatic rings. The molecule has 2 bridgehead atoms. The van der Waals surface area contributed by atoms with Gasteiger partial charge in [0.05, 0.1) is 5.41 Å². The van der Waals surface area contributed by atoms with Gasteiger partial charge in [-0.25, -0.2) is 0 Å². The Morgan fingerprint density at radius 3 is 1.73 bits per heavy atom. The van der Waals surface area contributed by atoms with Crippen LogP contribution in [0.1, 0.15) is 111 Å². The molecule has 0 N–H and O–H groups in total. The molecule has 0 amide bonds. The molecule has 1 heterocycles. The number of nitrogens with zero attached hydrogens (tertiary/aromatic N) is 1. The number of hydrogen-bond acceptors (Lipinski definition) is 2. The van der Waals surface area contributed by atoms with Crippen LogP contribution in [-0.2, 0) is 21.7 Å². The van der Waals surface area contributed by atoms with Crippen LogP contribution in [-0.4, -0.2) is 0 Å². The zero-order valence-corrected chi connectivity index (χ0v) is 37.8. The van der Waals surface area contributed by atoms with Crippen LogP contribution < -0.4 is 4.90 Å². The molecule has 14 rings (SSSR count). The van der Waals surface area contributed by atoms with Gasteiger partial charge < -0.3 is 4.90 Å². The fourth-order valence-corrected chi connectivity index (χ4v) is 17.1. The van der Waals surface area contributed by atoms with E-state index in [4.69, 9.17) is 0 Å². The molecule has 6 atom stereocenters. The molecule has 310 valence electrons. The molecule has 0 saturated heterocycles. The number of benzene rings is 7. The van der Waals surface area contributed by atoms with E-state index in [-0.39, 0.29) is 16.2 Å². The van der Waals surface area contributed by atoms with E-state index in [2.05, 4.69) is 196 Å². The fourth-order valence-electron chi connectivity index (χ4n) is 15.9. The normalized spacial score (nSPS) is 28.4. The van der Waals surface area contributed by atoms with Crippen LogP contribution in [0.2, 0.25) is 0 Å². The standard InChI is InChI=1S/C61H55NS/c1-57(2)30-31-58(3,4)51-35-43(26-28-49(51)57)62(42-24-22-40(23-25-42)60(39-14-6-5-7-15-39)47-18-10-8-16-45(47)46-17-9-11-19-48(46)60)44-27-29-54-52(36-44)61(50-20-12-13-21-53(50)63-54)55-33-38-32-41-34-56(61)59(41,55)37-38/h5-29,35-36,38,41,55-56H,30-34,37H2,1-4H3. The summed E-state index contributed by atoms with van der Waals surface area (Å²) < 4.78 is 0. The van der Waals surface area contributed by atoms with Crippen molar-refractivity contribution in [2.75, 3.05) is 4.90 Å². The SMILES string of the molecule is CC1(C)CCC(C)(C)c2cc(N(c3ccc(C4(c5ccccc5)c5ccccc5-c5ccccc54)cc3)c3ccc4c(c3)C3(c5ccccc5S4)C4CC5CC6CC3C64C5)ccc21. The van der Waals surface area contributed by atoms with E-state index in [0.29, 0.717) is 5.41 Å². The van der Waals surface area contributed by atoms with E-state index in [0.717, 1.165) is 23.7 Å². The summed E-state index contributed by atoms with van der Waals surface area (Å²) in [7, 11) is 0. The van der Waals surface area contributed by atoms with Crippen molar-refractivity contribution in [2.24, 2.45) is 29.1 Å².